The van der Waals surface area contributed by atoms with Crippen molar-refractivity contribution in [3.63, 3.8) is 0 Å². The molecule has 0 unspecified atom stereocenters. The quantitative estimate of drug-likeness (QED) is 0.857. The molecule has 0 spiro atoms. The summed E-state index contributed by atoms with van der Waals surface area (Å²) < 4.78 is 7.10. The Morgan fingerprint density at radius 2 is 2.00 bits per heavy atom. The van der Waals surface area contributed by atoms with E-state index < -0.39 is 0 Å². The van der Waals surface area contributed by atoms with Gasteiger partial charge in [-0.1, -0.05) is 18.2 Å². The first-order chi connectivity index (χ1) is 7.74. The van der Waals surface area contributed by atoms with E-state index in [2.05, 4.69) is 5.10 Å². The third kappa shape index (κ3) is 1.74. The van der Waals surface area contributed by atoms with Crippen molar-refractivity contribution in [2.24, 2.45) is 0 Å². The minimum atomic E-state index is 0.589. The number of benzene rings is 1. The Bertz CT molecular complexity index is 477. The van der Waals surface area contributed by atoms with Gasteiger partial charge in [0.25, 0.3) is 0 Å². The van der Waals surface area contributed by atoms with Gasteiger partial charge in [-0.25, -0.2) is 4.68 Å². The summed E-state index contributed by atoms with van der Waals surface area (Å²) in [7, 11) is 0. The lowest BCUT2D eigenvalue weighted by atomic mass is 10.3. The summed E-state index contributed by atoms with van der Waals surface area (Å²) in [6.45, 7) is 4.43. The number of anilines is 1. The van der Waals surface area contributed by atoms with E-state index in [0.29, 0.717) is 18.3 Å². The molecule has 4 heteroatoms. The SMILES string of the molecule is CCOc1nn(-c2ccccc2)c(N)c1C. The molecule has 0 amide bonds. The predicted octanol–water partition coefficient (Wildman–Crippen LogP) is 2.16. The van der Waals surface area contributed by atoms with E-state index in [1.807, 2.05) is 44.2 Å². The van der Waals surface area contributed by atoms with E-state index in [1.54, 1.807) is 4.68 Å². The van der Waals surface area contributed by atoms with Crippen LogP contribution >= 0.6 is 0 Å². The van der Waals surface area contributed by atoms with Crippen LogP contribution in [0, 0.1) is 6.92 Å². The molecule has 0 saturated heterocycles. The molecule has 2 rings (SSSR count). The Hall–Kier alpha value is -1.97. The minimum Gasteiger partial charge on any atom is -0.477 e. The second-order valence-corrected chi connectivity index (χ2v) is 3.50. The Morgan fingerprint density at radius 3 is 2.62 bits per heavy atom. The van der Waals surface area contributed by atoms with E-state index in [0.717, 1.165) is 11.3 Å². The molecule has 1 heterocycles. The van der Waals surface area contributed by atoms with Crippen molar-refractivity contribution in [2.75, 3.05) is 12.3 Å². The van der Waals surface area contributed by atoms with E-state index in [-0.39, 0.29) is 0 Å². The maximum absolute atomic E-state index is 5.99. The van der Waals surface area contributed by atoms with Gasteiger partial charge in [0.2, 0.25) is 5.88 Å². The van der Waals surface area contributed by atoms with Gasteiger partial charge in [-0.05, 0) is 26.0 Å². The molecule has 2 aromatic rings. The number of rotatable bonds is 3. The van der Waals surface area contributed by atoms with Crippen molar-refractivity contribution in [1.82, 2.24) is 9.78 Å². The molecule has 1 aromatic heterocycles. The molecule has 16 heavy (non-hydrogen) atoms. The summed E-state index contributed by atoms with van der Waals surface area (Å²) in [5, 5.41) is 4.34. The molecule has 0 atom stereocenters. The maximum Gasteiger partial charge on any atom is 0.238 e. The predicted molar refractivity (Wildman–Crippen MR) is 63.9 cm³/mol. The van der Waals surface area contributed by atoms with Gasteiger partial charge in [-0.15, -0.1) is 5.10 Å². The largest absolute Gasteiger partial charge is 0.477 e. The van der Waals surface area contributed by atoms with Crippen LogP contribution in [-0.2, 0) is 0 Å². The number of aromatic nitrogens is 2. The van der Waals surface area contributed by atoms with Gasteiger partial charge in [-0.3, -0.25) is 0 Å². The van der Waals surface area contributed by atoms with Crippen molar-refractivity contribution >= 4 is 5.82 Å². The molecule has 0 fully saturated rings. The third-order valence-electron chi connectivity index (χ3n) is 2.41. The summed E-state index contributed by atoms with van der Waals surface area (Å²) in [6, 6.07) is 9.77. The van der Waals surface area contributed by atoms with E-state index in [9.17, 15) is 0 Å². The molecule has 0 bridgehead atoms. The molecule has 1 aromatic carbocycles. The first-order valence-corrected chi connectivity index (χ1v) is 5.27. The van der Waals surface area contributed by atoms with Crippen LogP contribution in [0.5, 0.6) is 5.88 Å². The van der Waals surface area contributed by atoms with Crippen molar-refractivity contribution in [3.8, 4) is 11.6 Å². The monoisotopic (exact) mass is 217 g/mol. The Labute approximate surface area is 94.6 Å². The molecule has 0 radical (unpaired) electrons. The van der Waals surface area contributed by atoms with Gasteiger partial charge in [-0.2, -0.15) is 0 Å². The van der Waals surface area contributed by atoms with Gasteiger partial charge in [0.05, 0.1) is 17.9 Å². The van der Waals surface area contributed by atoms with Crippen LogP contribution in [0.4, 0.5) is 5.82 Å². The highest BCUT2D eigenvalue weighted by Crippen LogP contribution is 2.25. The zero-order chi connectivity index (χ0) is 11.5. The summed E-state index contributed by atoms with van der Waals surface area (Å²) in [6.07, 6.45) is 0. The molecule has 2 N–H and O–H groups in total. The highest BCUT2D eigenvalue weighted by Gasteiger charge is 2.13. The standard InChI is InChI=1S/C12H15N3O/c1-3-16-12-9(2)11(13)15(14-12)10-7-5-4-6-8-10/h4-8H,3,13H2,1-2H3. The van der Waals surface area contributed by atoms with Gasteiger partial charge in [0.15, 0.2) is 0 Å². The van der Waals surface area contributed by atoms with Crippen LogP contribution in [-0.4, -0.2) is 16.4 Å². The first-order valence-electron chi connectivity index (χ1n) is 5.27. The topological polar surface area (TPSA) is 53.1 Å². The summed E-state index contributed by atoms with van der Waals surface area (Å²) in [4.78, 5) is 0. The minimum absolute atomic E-state index is 0.589. The summed E-state index contributed by atoms with van der Waals surface area (Å²) >= 11 is 0. The second kappa shape index (κ2) is 4.26. The van der Waals surface area contributed by atoms with E-state index in [4.69, 9.17) is 10.5 Å². The van der Waals surface area contributed by atoms with Crippen LogP contribution in [0.3, 0.4) is 0 Å². The second-order valence-electron chi connectivity index (χ2n) is 3.50. The van der Waals surface area contributed by atoms with E-state index >= 15 is 0 Å². The van der Waals surface area contributed by atoms with Gasteiger partial charge in [0.1, 0.15) is 5.82 Å². The molecular weight excluding hydrogens is 202 g/mol. The molecule has 4 nitrogen and oxygen atoms in total. The number of nitrogen functional groups attached to an aromatic ring is 1. The number of ether oxygens (including phenoxy) is 1. The Morgan fingerprint density at radius 1 is 1.31 bits per heavy atom. The lowest BCUT2D eigenvalue weighted by Gasteiger charge is -2.02. The van der Waals surface area contributed by atoms with Gasteiger partial charge in [0, 0.05) is 0 Å². The van der Waals surface area contributed by atoms with Crippen LogP contribution < -0.4 is 10.5 Å². The zero-order valence-corrected chi connectivity index (χ0v) is 9.47. The summed E-state index contributed by atoms with van der Waals surface area (Å²) in [5.41, 5.74) is 7.81. The van der Waals surface area contributed by atoms with Crippen molar-refractivity contribution in [3.05, 3.63) is 35.9 Å². The van der Waals surface area contributed by atoms with Crippen LogP contribution in [0.2, 0.25) is 0 Å². The fraction of sp³-hybridized carbons (Fsp3) is 0.250. The first kappa shape index (κ1) is 10.5. The lowest BCUT2D eigenvalue weighted by molar-refractivity contribution is 0.322. The smallest absolute Gasteiger partial charge is 0.238 e. The van der Waals surface area contributed by atoms with Crippen LogP contribution in [0.1, 0.15) is 12.5 Å². The number of hydrogen-bond acceptors (Lipinski definition) is 3. The average Bonchev–Trinajstić information content (AvgIpc) is 2.59. The zero-order valence-electron chi connectivity index (χ0n) is 9.47. The molecule has 0 aliphatic carbocycles. The fourth-order valence-electron chi connectivity index (χ4n) is 1.53. The van der Waals surface area contributed by atoms with Gasteiger partial charge >= 0.3 is 0 Å². The average molecular weight is 217 g/mol. The molecular formula is C12H15N3O. The number of nitrogens with zero attached hydrogens (tertiary/aromatic N) is 2. The molecule has 0 aliphatic rings. The van der Waals surface area contributed by atoms with Crippen molar-refractivity contribution in [2.45, 2.75) is 13.8 Å². The number of para-hydroxylation sites is 1. The molecule has 0 saturated carbocycles. The van der Waals surface area contributed by atoms with E-state index in [1.165, 1.54) is 0 Å². The molecule has 0 aliphatic heterocycles. The van der Waals surface area contributed by atoms with Crippen LogP contribution in [0.15, 0.2) is 30.3 Å². The normalized spacial score (nSPS) is 10.4. The van der Waals surface area contributed by atoms with Crippen molar-refractivity contribution in [1.29, 1.82) is 0 Å². The Balaban J connectivity index is 2.46. The van der Waals surface area contributed by atoms with Crippen molar-refractivity contribution < 1.29 is 4.74 Å². The maximum atomic E-state index is 5.99. The lowest BCUT2D eigenvalue weighted by Crippen LogP contribution is -2.01. The van der Waals surface area contributed by atoms with Gasteiger partial charge < -0.3 is 10.5 Å². The van der Waals surface area contributed by atoms with Crippen LogP contribution in [0.25, 0.3) is 5.69 Å². The number of hydrogen-bond donors (Lipinski definition) is 1. The summed E-state index contributed by atoms with van der Waals surface area (Å²) in [5.74, 6) is 1.22. The Kier molecular flexibility index (Phi) is 2.81. The highest BCUT2D eigenvalue weighted by atomic mass is 16.5. The molecule has 84 valence electrons. The number of nitrogens with two attached hydrogens (primary N) is 1. The fourth-order valence-corrected chi connectivity index (χ4v) is 1.53. The third-order valence-corrected chi connectivity index (χ3v) is 2.41. The highest BCUT2D eigenvalue weighted by molar-refractivity contribution is 5.51.